The normalized spacial score (nSPS) is 17.2. The summed E-state index contributed by atoms with van der Waals surface area (Å²) in [6.07, 6.45) is 0.622. The van der Waals surface area contributed by atoms with Crippen molar-refractivity contribution in [3.63, 3.8) is 0 Å². The first-order valence-corrected chi connectivity index (χ1v) is 7.45. The lowest BCUT2D eigenvalue weighted by molar-refractivity contribution is 0.472. The number of hydrogen-bond donors (Lipinski definition) is 3. The molecule has 0 aliphatic carbocycles. The van der Waals surface area contributed by atoms with Crippen molar-refractivity contribution in [2.24, 2.45) is 5.10 Å². The fourth-order valence-corrected chi connectivity index (χ4v) is 2.98. The van der Waals surface area contributed by atoms with E-state index in [1.54, 1.807) is 24.3 Å². The number of nitrogens with one attached hydrogen (secondary N) is 1. The van der Waals surface area contributed by atoms with Crippen LogP contribution in [0.1, 0.15) is 34.7 Å². The predicted octanol–water partition coefficient (Wildman–Crippen LogP) is 3.81. The molecule has 22 heavy (non-hydrogen) atoms. The van der Waals surface area contributed by atoms with Crippen LogP contribution in [0.2, 0.25) is 5.02 Å². The molecule has 2 aromatic carbocycles. The van der Waals surface area contributed by atoms with E-state index in [-0.39, 0.29) is 17.5 Å². The van der Waals surface area contributed by atoms with E-state index in [0.29, 0.717) is 17.0 Å². The van der Waals surface area contributed by atoms with Gasteiger partial charge in [-0.25, -0.2) is 0 Å². The topological polar surface area (TPSA) is 64.9 Å². The molecule has 4 nitrogen and oxygen atoms in total. The average Bonchev–Trinajstić information content (AvgIpc) is 2.94. The number of phenolic OH excluding ortho intramolecular Hbond substituents is 2. The number of benzene rings is 2. The van der Waals surface area contributed by atoms with Gasteiger partial charge in [-0.05, 0) is 48.7 Å². The van der Waals surface area contributed by atoms with Crippen molar-refractivity contribution in [2.75, 3.05) is 0 Å². The summed E-state index contributed by atoms with van der Waals surface area (Å²) in [6.45, 7) is 3.75. The van der Waals surface area contributed by atoms with E-state index in [0.717, 1.165) is 22.4 Å². The van der Waals surface area contributed by atoms with Gasteiger partial charge in [-0.2, -0.15) is 5.10 Å². The third-order valence-electron chi connectivity index (χ3n) is 3.97. The van der Waals surface area contributed by atoms with Gasteiger partial charge < -0.3 is 15.6 Å². The molecular weight excluding hydrogens is 300 g/mol. The minimum atomic E-state index is -0.0269. The summed E-state index contributed by atoms with van der Waals surface area (Å²) < 4.78 is 0. The van der Waals surface area contributed by atoms with Gasteiger partial charge in [0.05, 0.1) is 11.8 Å². The molecule has 0 fully saturated rings. The highest BCUT2D eigenvalue weighted by Gasteiger charge is 2.25. The Kier molecular flexibility index (Phi) is 3.71. The van der Waals surface area contributed by atoms with Crippen LogP contribution in [0.25, 0.3) is 0 Å². The maximum atomic E-state index is 10.3. The number of nitrogens with zero attached hydrogens (tertiary/aromatic N) is 1. The molecule has 2 aromatic rings. The largest absolute Gasteiger partial charge is 0.508 e. The molecule has 1 atom stereocenters. The molecular formula is C17H17ClN2O2. The van der Waals surface area contributed by atoms with Crippen molar-refractivity contribution in [1.29, 1.82) is 0 Å². The summed E-state index contributed by atoms with van der Waals surface area (Å²) in [4.78, 5) is 0. The molecule has 0 bridgehead atoms. The van der Waals surface area contributed by atoms with Gasteiger partial charge in [-0.1, -0.05) is 23.7 Å². The Morgan fingerprint density at radius 3 is 2.73 bits per heavy atom. The second-order valence-corrected chi connectivity index (χ2v) is 5.94. The number of hydrogen-bond acceptors (Lipinski definition) is 4. The minimum Gasteiger partial charge on any atom is -0.508 e. The Morgan fingerprint density at radius 2 is 2.00 bits per heavy atom. The third-order valence-corrected chi connectivity index (χ3v) is 4.56. The molecule has 0 radical (unpaired) electrons. The zero-order chi connectivity index (χ0) is 15.9. The van der Waals surface area contributed by atoms with Crippen molar-refractivity contribution in [3.05, 3.63) is 57.6 Å². The SMILES string of the molecule is Cc1cc(O)c(C2=NNC(c3cccc(O)c3)C2)c(C)c1Cl. The Labute approximate surface area is 134 Å². The monoisotopic (exact) mass is 316 g/mol. The summed E-state index contributed by atoms with van der Waals surface area (Å²) in [5.41, 5.74) is 7.14. The standard InChI is InChI=1S/C17H17ClN2O2/c1-9-6-15(22)16(10(2)17(9)18)14-8-13(19-20-14)11-4-3-5-12(21)7-11/h3-7,13,19,21-22H,8H2,1-2H3. The average molecular weight is 317 g/mol. The number of phenols is 2. The van der Waals surface area contributed by atoms with E-state index in [9.17, 15) is 10.2 Å². The fourth-order valence-electron chi connectivity index (χ4n) is 2.83. The van der Waals surface area contributed by atoms with E-state index in [1.807, 2.05) is 19.9 Å². The zero-order valence-corrected chi connectivity index (χ0v) is 13.1. The maximum absolute atomic E-state index is 10.3. The Hall–Kier alpha value is -2.20. The van der Waals surface area contributed by atoms with Gasteiger partial charge in [0, 0.05) is 17.0 Å². The second kappa shape index (κ2) is 5.54. The van der Waals surface area contributed by atoms with Crippen LogP contribution in [0.15, 0.2) is 35.4 Å². The van der Waals surface area contributed by atoms with Crippen molar-refractivity contribution >= 4 is 17.3 Å². The quantitative estimate of drug-likeness (QED) is 0.789. The predicted molar refractivity (Wildman–Crippen MR) is 87.7 cm³/mol. The van der Waals surface area contributed by atoms with Gasteiger partial charge in [0.25, 0.3) is 0 Å². The lowest BCUT2D eigenvalue weighted by atomic mass is 9.94. The van der Waals surface area contributed by atoms with Crippen molar-refractivity contribution in [2.45, 2.75) is 26.3 Å². The molecule has 5 heteroatoms. The number of aryl methyl sites for hydroxylation is 1. The Bertz CT molecular complexity index is 771. The summed E-state index contributed by atoms with van der Waals surface area (Å²) in [7, 11) is 0. The van der Waals surface area contributed by atoms with E-state index >= 15 is 0 Å². The first-order chi connectivity index (χ1) is 10.5. The molecule has 1 heterocycles. The Balaban J connectivity index is 1.92. The lowest BCUT2D eigenvalue weighted by Gasteiger charge is -2.13. The highest BCUT2D eigenvalue weighted by atomic mass is 35.5. The van der Waals surface area contributed by atoms with Crippen molar-refractivity contribution in [3.8, 4) is 11.5 Å². The van der Waals surface area contributed by atoms with Crippen LogP contribution < -0.4 is 5.43 Å². The number of halogens is 1. The summed E-state index contributed by atoms with van der Waals surface area (Å²) >= 11 is 6.29. The zero-order valence-electron chi connectivity index (χ0n) is 12.4. The molecule has 3 N–H and O–H groups in total. The number of rotatable bonds is 2. The maximum Gasteiger partial charge on any atom is 0.125 e. The van der Waals surface area contributed by atoms with Crippen LogP contribution in [0.3, 0.4) is 0 Å². The molecule has 1 aliphatic rings. The van der Waals surface area contributed by atoms with Crippen LogP contribution in [-0.2, 0) is 0 Å². The molecule has 0 saturated heterocycles. The number of hydrazone groups is 1. The van der Waals surface area contributed by atoms with Crippen LogP contribution in [0, 0.1) is 13.8 Å². The first-order valence-electron chi connectivity index (χ1n) is 7.07. The molecule has 1 aliphatic heterocycles. The van der Waals surface area contributed by atoms with Crippen molar-refractivity contribution in [1.82, 2.24) is 5.43 Å². The second-order valence-electron chi connectivity index (χ2n) is 5.57. The van der Waals surface area contributed by atoms with Gasteiger partial charge in [0.2, 0.25) is 0 Å². The molecule has 0 spiro atoms. The summed E-state index contributed by atoms with van der Waals surface area (Å²) in [5, 5.41) is 24.8. The summed E-state index contributed by atoms with van der Waals surface area (Å²) in [6, 6.07) is 8.72. The molecule has 0 saturated carbocycles. The fraction of sp³-hybridized carbons (Fsp3) is 0.235. The van der Waals surface area contributed by atoms with Gasteiger partial charge in [0.1, 0.15) is 11.5 Å². The van der Waals surface area contributed by atoms with E-state index in [4.69, 9.17) is 11.6 Å². The first kappa shape index (κ1) is 14.7. The molecule has 0 amide bonds. The highest BCUT2D eigenvalue weighted by Crippen LogP contribution is 2.35. The Morgan fingerprint density at radius 1 is 1.23 bits per heavy atom. The van der Waals surface area contributed by atoms with Gasteiger partial charge in [-0.3, -0.25) is 0 Å². The van der Waals surface area contributed by atoms with Gasteiger partial charge >= 0.3 is 0 Å². The minimum absolute atomic E-state index is 0.0269. The van der Waals surface area contributed by atoms with Crippen LogP contribution in [-0.4, -0.2) is 15.9 Å². The van der Waals surface area contributed by atoms with E-state index in [1.165, 1.54) is 0 Å². The lowest BCUT2D eigenvalue weighted by Crippen LogP contribution is -2.10. The van der Waals surface area contributed by atoms with E-state index < -0.39 is 0 Å². The molecule has 3 rings (SSSR count). The van der Waals surface area contributed by atoms with Gasteiger partial charge in [0.15, 0.2) is 0 Å². The van der Waals surface area contributed by atoms with Gasteiger partial charge in [-0.15, -0.1) is 0 Å². The summed E-state index contributed by atoms with van der Waals surface area (Å²) in [5.74, 6) is 0.418. The number of aromatic hydroxyl groups is 2. The molecule has 0 aromatic heterocycles. The highest BCUT2D eigenvalue weighted by molar-refractivity contribution is 6.32. The smallest absolute Gasteiger partial charge is 0.125 e. The van der Waals surface area contributed by atoms with Crippen molar-refractivity contribution < 1.29 is 10.2 Å². The van der Waals surface area contributed by atoms with Crippen LogP contribution >= 0.6 is 11.6 Å². The van der Waals surface area contributed by atoms with Crippen LogP contribution in [0.4, 0.5) is 0 Å². The third kappa shape index (κ3) is 2.50. The molecule has 1 unspecified atom stereocenters. The van der Waals surface area contributed by atoms with Crippen LogP contribution in [0.5, 0.6) is 11.5 Å². The van der Waals surface area contributed by atoms with E-state index in [2.05, 4.69) is 10.5 Å². The molecule has 114 valence electrons.